The predicted molar refractivity (Wildman–Crippen MR) is 114 cm³/mol. The third-order valence-electron chi connectivity index (χ3n) is 4.19. The molecule has 0 radical (unpaired) electrons. The van der Waals surface area contributed by atoms with Crippen LogP contribution in [0.4, 0.5) is 23.1 Å². The SMILES string of the molecule is CC(=O)Nc1cccc(Nc2ncc(C(N)=O)c(N[C@@H](CO)c3ccccc3)n2)c1. The lowest BCUT2D eigenvalue weighted by atomic mass is 10.1. The Morgan fingerprint density at radius 3 is 2.50 bits per heavy atom. The van der Waals surface area contributed by atoms with Gasteiger partial charge in [0.1, 0.15) is 5.82 Å². The number of nitrogens with two attached hydrogens (primary N) is 1. The second kappa shape index (κ2) is 9.48. The number of nitrogens with one attached hydrogen (secondary N) is 3. The molecule has 0 aliphatic rings. The molecular weight excluding hydrogens is 384 g/mol. The van der Waals surface area contributed by atoms with E-state index in [4.69, 9.17) is 5.73 Å². The molecule has 1 atom stereocenters. The van der Waals surface area contributed by atoms with Gasteiger partial charge in [-0.25, -0.2) is 4.98 Å². The Hall–Kier alpha value is -3.98. The van der Waals surface area contributed by atoms with E-state index in [1.807, 2.05) is 30.3 Å². The fourth-order valence-corrected chi connectivity index (χ4v) is 2.82. The van der Waals surface area contributed by atoms with Gasteiger partial charge in [0, 0.05) is 24.5 Å². The van der Waals surface area contributed by atoms with E-state index in [1.165, 1.54) is 13.1 Å². The summed E-state index contributed by atoms with van der Waals surface area (Å²) in [6.45, 7) is 1.21. The van der Waals surface area contributed by atoms with Crippen LogP contribution in [0.5, 0.6) is 0 Å². The number of aliphatic hydroxyl groups is 1. The number of nitrogens with zero attached hydrogens (tertiary/aromatic N) is 2. The summed E-state index contributed by atoms with van der Waals surface area (Å²) in [5.41, 5.74) is 7.64. The van der Waals surface area contributed by atoms with Crippen molar-refractivity contribution in [3.63, 3.8) is 0 Å². The number of carbonyl (C=O) groups is 2. The molecule has 0 aliphatic carbocycles. The van der Waals surface area contributed by atoms with Crippen molar-refractivity contribution in [1.82, 2.24) is 9.97 Å². The average molecular weight is 406 g/mol. The van der Waals surface area contributed by atoms with E-state index in [-0.39, 0.29) is 29.8 Å². The van der Waals surface area contributed by atoms with Crippen molar-refractivity contribution in [2.24, 2.45) is 5.73 Å². The number of hydrogen-bond acceptors (Lipinski definition) is 7. The third kappa shape index (κ3) is 5.30. The highest BCUT2D eigenvalue weighted by Gasteiger charge is 2.17. The number of aromatic nitrogens is 2. The minimum Gasteiger partial charge on any atom is -0.394 e. The molecule has 9 nitrogen and oxygen atoms in total. The van der Waals surface area contributed by atoms with Gasteiger partial charge in [-0.1, -0.05) is 36.4 Å². The van der Waals surface area contributed by atoms with Crippen LogP contribution in [-0.4, -0.2) is 33.5 Å². The van der Waals surface area contributed by atoms with Gasteiger partial charge in [0.05, 0.1) is 18.2 Å². The molecule has 1 aromatic heterocycles. The fraction of sp³-hybridized carbons (Fsp3) is 0.143. The second-order valence-electron chi connectivity index (χ2n) is 6.50. The molecule has 0 fully saturated rings. The summed E-state index contributed by atoms with van der Waals surface area (Å²) in [5, 5.41) is 18.6. The zero-order chi connectivity index (χ0) is 21.5. The zero-order valence-corrected chi connectivity index (χ0v) is 16.3. The highest BCUT2D eigenvalue weighted by atomic mass is 16.3. The highest BCUT2D eigenvalue weighted by Crippen LogP contribution is 2.23. The van der Waals surface area contributed by atoms with Crippen molar-refractivity contribution in [3.8, 4) is 0 Å². The molecule has 9 heteroatoms. The normalized spacial score (nSPS) is 11.4. The standard InChI is InChI=1S/C21H22N6O3/c1-13(29)24-15-8-5-9-16(10-15)25-21-23-11-17(19(22)30)20(27-21)26-18(12-28)14-6-3-2-4-7-14/h2-11,18,28H,12H2,1H3,(H2,22,30)(H,24,29)(H2,23,25,26,27)/t18-/m0/s1. The molecule has 0 aliphatic heterocycles. The molecular formula is C21H22N6O3. The van der Waals surface area contributed by atoms with Crippen LogP contribution in [0.1, 0.15) is 28.9 Å². The van der Waals surface area contributed by atoms with Crippen molar-refractivity contribution in [1.29, 1.82) is 0 Å². The first-order chi connectivity index (χ1) is 14.5. The van der Waals surface area contributed by atoms with E-state index in [9.17, 15) is 14.7 Å². The minimum absolute atomic E-state index is 0.0990. The Balaban J connectivity index is 1.87. The molecule has 0 saturated carbocycles. The number of carbonyl (C=O) groups excluding carboxylic acids is 2. The number of benzene rings is 2. The molecule has 0 spiro atoms. The predicted octanol–water partition coefficient (Wildman–Crippen LogP) is 2.42. The Morgan fingerprint density at radius 1 is 1.10 bits per heavy atom. The molecule has 2 amide bonds. The summed E-state index contributed by atoms with van der Waals surface area (Å²) in [6, 6.07) is 15.8. The molecule has 30 heavy (non-hydrogen) atoms. The fourth-order valence-electron chi connectivity index (χ4n) is 2.82. The first-order valence-electron chi connectivity index (χ1n) is 9.20. The average Bonchev–Trinajstić information content (AvgIpc) is 2.72. The summed E-state index contributed by atoms with van der Waals surface area (Å²) < 4.78 is 0. The monoisotopic (exact) mass is 406 g/mol. The maximum Gasteiger partial charge on any atom is 0.254 e. The lowest BCUT2D eigenvalue weighted by molar-refractivity contribution is -0.114. The number of primary amides is 1. The van der Waals surface area contributed by atoms with Crippen LogP contribution < -0.4 is 21.7 Å². The summed E-state index contributed by atoms with van der Waals surface area (Å²) in [6.07, 6.45) is 1.32. The number of hydrogen-bond donors (Lipinski definition) is 5. The van der Waals surface area contributed by atoms with Crippen molar-refractivity contribution >= 4 is 35.0 Å². The van der Waals surface area contributed by atoms with Gasteiger partial charge in [-0.05, 0) is 23.8 Å². The Bertz CT molecular complexity index is 1040. The number of aliphatic hydroxyl groups excluding tert-OH is 1. The quantitative estimate of drug-likeness (QED) is 0.387. The summed E-state index contributed by atoms with van der Waals surface area (Å²) in [4.78, 5) is 31.6. The van der Waals surface area contributed by atoms with E-state index < -0.39 is 11.9 Å². The van der Waals surface area contributed by atoms with Crippen LogP contribution in [0.3, 0.4) is 0 Å². The lowest BCUT2D eigenvalue weighted by Gasteiger charge is -2.19. The van der Waals surface area contributed by atoms with Crippen LogP contribution >= 0.6 is 0 Å². The van der Waals surface area contributed by atoms with E-state index in [1.54, 1.807) is 24.3 Å². The first-order valence-corrected chi connectivity index (χ1v) is 9.20. The van der Waals surface area contributed by atoms with Gasteiger partial charge in [-0.3, -0.25) is 9.59 Å². The largest absolute Gasteiger partial charge is 0.394 e. The van der Waals surface area contributed by atoms with Gasteiger partial charge in [0.25, 0.3) is 5.91 Å². The van der Waals surface area contributed by atoms with Crippen LogP contribution in [0.25, 0.3) is 0 Å². The third-order valence-corrected chi connectivity index (χ3v) is 4.19. The van der Waals surface area contributed by atoms with Crippen LogP contribution in [-0.2, 0) is 4.79 Å². The van der Waals surface area contributed by atoms with Gasteiger partial charge < -0.3 is 26.8 Å². The molecule has 1 heterocycles. The van der Waals surface area contributed by atoms with E-state index in [0.29, 0.717) is 11.4 Å². The van der Waals surface area contributed by atoms with Crippen molar-refractivity contribution in [3.05, 3.63) is 71.9 Å². The zero-order valence-electron chi connectivity index (χ0n) is 16.3. The Labute approximate surface area is 173 Å². The molecule has 0 unspecified atom stereocenters. The van der Waals surface area contributed by atoms with E-state index in [2.05, 4.69) is 25.9 Å². The second-order valence-corrected chi connectivity index (χ2v) is 6.50. The summed E-state index contributed by atoms with van der Waals surface area (Å²) in [5.74, 6) is -0.466. The van der Waals surface area contributed by atoms with Crippen LogP contribution in [0.2, 0.25) is 0 Å². The Morgan fingerprint density at radius 2 is 1.83 bits per heavy atom. The van der Waals surface area contributed by atoms with Crippen LogP contribution in [0.15, 0.2) is 60.8 Å². The molecule has 0 bridgehead atoms. The van der Waals surface area contributed by atoms with Crippen molar-refractivity contribution in [2.45, 2.75) is 13.0 Å². The molecule has 3 rings (SSSR count). The van der Waals surface area contributed by atoms with Gasteiger partial charge in [-0.15, -0.1) is 0 Å². The molecule has 6 N–H and O–H groups in total. The maximum absolute atomic E-state index is 11.8. The summed E-state index contributed by atoms with van der Waals surface area (Å²) in [7, 11) is 0. The van der Waals surface area contributed by atoms with Gasteiger partial charge >= 0.3 is 0 Å². The van der Waals surface area contributed by atoms with Crippen molar-refractivity contribution in [2.75, 3.05) is 22.6 Å². The number of anilines is 4. The Kier molecular flexibility index (Phi) is 6.56. The minimum atomic E-state index is -0.693. The lowest BCUT2D eigenvalue weighted by Crippen LogP contribution is -2.21. The van der Waals surface area contributed by atoms with Crippen LogP contribution in [0, 0.1) is 0 Å². The van der Waals surface area contributed by atoms with Gasteiger partial charge in [-0.2, -0.15) is 4.98 Å². The highest BCUT2D eigenvalue weighted by molar-refractivity contribution is 5.97. The van der Waals surface area contributed by atoms with E-state index in [0.717, 1.165) is 5.56 Å². The summed E-state index contributed by atoms with van der Waals surface area (Å²) >= 11 is 0. The molecule has 154 valence electrons. The van der Waals surface area contributed by atoms with E-state index >= 15 is 0 Å². The molecule has 3 aromatic rings. The topological polar surface area (TPSA) is 142 Å². The maximum atomic E-state index is 11.8. The van der Waals surface area contributed by atoms with Gasteiger partial charge in [0.15, 0.2) is 0 Å². The molecule has 0 saturated heterocycles. The smallest absolute Gasteiger partial charge is 0.254 e. The number of rotatable bonds is 8. The molecule has 2 aromatic carbocycles. The first kappa shape index (κ1) is 20.7. The van der Waals surface area contributed by atoms with Gasteiger partial charge in [0.2, 0.25) is 11.9 Å². The van der Waals surface area contributed by atoms with Crippen molar-refractivity contribution < 1.29 is 14.7 Å². The number of amides is 2.